The number of ether oxygens (including phenoxy) is 1. The summed E-state index contributed by atoms with van der Waals surface area (Å²) in [6, 6.07) is 25.2. The average Bonchev–Trinajstić information content (AvgIpc) is 2.90. The van der Waals surface area contributed by atoms with Crippen LogP contribution in [0.2, 0.25) is 0 Å². The molecule has 1 aliphatic rings. The van der Waals surface area contributed by atoms with Crippen molar-refractivity contribution in [2.45, 2.75) is 38.9 Å². The molecule has 210 valence electrons. The minimum atomic E-state index is -3.31. The predicted molar refractivity (Wildman–Crippen MR) is 158 cm³/mol. The molecule has 1 aliphatic heterocycles. The Morgan fingerprint density at radius 3 is 2.08 bits per heavy atom. The van der Waals surface area contributed by atoms with Gasteiger partial charge < -0.3 is 15.0 Å². The van der Waals surface area contributed by atoms with Gasteiger partial charge in [0.2, 0.25) is 10.0 Å². The topological polar surface area (TPSA) is 91.0 Å². The van der Waals surface area contributed by atoms with Crippen LogP contribution in [0.1, 0.15) is 30.9 Å². The van der Waals surface area contributed by atoms with Gasteiger partial charge in [-0.3, -0.25) is 9.62 Å². The quantitative estimate of drug-likeness (QED) is 0.336. The number of hydrogen-bond donors (Lipinski definition) is 2. The van der Waals surface area contributed by atoms with Gasteiger partial charge in [0, 0.05) is 44.5 Å². The van der Waals surface area contributed by atoms with Crippen LogP contribution in [0.4, 0.5) is 10.5 Å². The summed E-state index contributed by atoms with van der Waals surface area (Å²) in [5.74, 6) is 1.35. The molecule has 39 heavy (non-hydrogen) atoms. The van der Waals surface area contributed by atoms with Gasteiger partial charge in [0.05, 0.1) is 6.26 Å². The maximum atomic E-state index is 12.8. The molecule has 0 aromatic heterocycles. The van der Waals surface area contributed by atoms with Crippen molar-refractivity contribution in [3.63, 3.8) is 0 Å². The Bertz CT molecular complexity index is 1280. The van der Waals surface area contributed by atoms with Crippen LogP contribution in [0.25, 0.3) is 0 Å². The first-order chi connectivity index (χ1) is 18.3. The lowest BCUT2D eigenvalue weighted by Gasteiger charge is -2.38. The van der Waals surface area contributed by atoms with E-state index < -0.39 is 10.0 Å². The van der Waals surface area contributed by atoms with Gasteiger partial charge in [-0.1, -0.05) is 42.5 Å². The molecule has 2 amide bonds. The number of sulfonamides is 1. The highest BCUT2D eigenvalue weighted by atomic mass is 35.5. The Labute approximate surface area is 237 Å². The van der Waals surface area contributed by atoms with Crippen molar-refractivity contribution >= 4 is 34.1 Å². The summed E-state index contributed by atoms with van der Waals surface area (Å²) in [5.41, 5.74) is 2.84. The van der Waals surface area contributed by atoms with Crippen LogP contribution in [0.15, 0.2) is 78.9 Å². The number of anilines is 1. The van der Waals surface area contributed by atoms with Gasteiger partial charge in [0.1, 0.15) is 11.5 Å². The highest BCUT2D eigenvalue weighted by Crippen LogP contribution is 2.25. The molecule has 3 aromatic carbocycles. The summed E-state index contributed by atoms with van der Waals surface area (Å²) in [7, 11) is -3.31. The van der Waals surface area contributed by atoms with Crippen molar-refractivity contribution in [3.8, 4) is 11.5 Å². The van der Waals surface area contributed by atoms with E-state index in [9.17, 15) is 13.2 Å². The van der Waals surface area contributed by atoms with Crippen LogP contribution in [0.3, 0.4) is 0 Å². The summed E-state index contributed by atoms with van der Waals surface area (Å²) in [4.78, 5) is 17.2. The number of hydrogen-bond acceptors (Lipinski definition) is 5. The van der Waals surface area contributed by atoms with Crippen molar-refractivity contribution in [2.75, 3.05) is 30.6 Å². The molecule has 0 atom stereocenters. The number of rotatable bonds is 10. The summed E-state index contributed by atoms with van der Waals surface area (Å²) >= 11 is 0. The molecule has 0 saturated carbocycles. The van der Waals surface area contributed by atoms with Gasteiger partial charge in [-0.15, -0.1) is 12.4 Å². The molecular weight excluding hydrogens is 536 g/mol. The molecule has 0 radical (unpaired) electrons. The highest BCUT2D eigenvalue weighted by Gasteiger charge is 2.28. The van der Waals surface area contributed by atoms with E-state index in [0.717, 1.165) is 50.0 Å². The van der Waals surface area contributed by atoms with Gasteiger partial charge in [-0.05, 0) is 67.3 Å². The molecular formula is C29H37ClN4O4S. The zero-order valence-corrected chi connectivity index (χ0v) is 24.0. The molecule has 0 bridgehead atoms. The third-order valence-corrected chi connectivity index (χ3v) is 7.11. The van der Waals surface area contributed by atoms with E-state index in [-0.39, 0.29) is 24.5 Å². The minimum Gasteiger partial charge on any atom is -0.457 e. The van der Waals surface area contributed by atoms with E-state index in [2.05, 4.69) is 39.2 Å². The third kappa shape index (κ3) is 9.45. The van der Waals surface area contributed by atoms with Gasteiger partial charge in [0.15, 0.2) is 0 Å². The molecule has 8 nitrogen and oxygen atoms in total. The predicted octanol–water partition coefficient (Wildman–Crippen LogP) is 5.47. The molecule has 0 unspecified atom stereocenters. The molecule has 1 heterocycles. The average molecular weight is 573 g/mol. The highest BCUT2D eigenvalue weighted by molar-refractivity contribution is 7.92. The SMILES string of the molecule is CCNC(=O)N(Cc1ccccc1)C1CCN(Cc2ccc(Oc3ccc(NS(C)(=O)=O)cc3)cc2)CC1.Cl. The lowest BCUT2D eigenvalue weighted by molar-refractivity contribution is 0.113. The molecule has 1 fully saturated rings. The number of carbonyl (C=O) groups is 1. The fourth-order valence-corrected chi connectivity index (χ4v) is 5.22. The van der Waals surface area contributed by atoms with Crippen molar-refractivity contribution in [3.05, 3.63) is 90.0 Å². The first kappa shape index (κ1) is 30.3. The number of nitrogens with zero attached hydrogens (tertiary/aromatic N) is 2. The van der Waals surface area contributed by atoms with Crippen LogP contribution in [0.5, 0.6) is 11.5 Å². The normalized spacial score (nSPS) is 14.2. The number of piperidine rings is 1. The van der Waals surface area contributed by atoms with E-state index in [4.69, 9.17) is 4.74 Å². The summed E-state index contributed by atoms with van der Waals surface area (Å²) in [5, 5.41) is 2.98. The van der Waals surface area contributed by atoms with Gasteiger partial charge in [0.25, 0.3) is 0 Å². The first-order valence-electron chi connectivity index (χ1n) is 12.9. The standard InChI is InChI=1S/C29H36N4O4S.ClH/c1-3-30-29(34)33(22-23-7-5-4-6-8-23)26-17-19-32(20-18-26)21-24-9-13-27(14-10-24)37-28-15-11-25(12-16-28)31-38(2,35)36;/h4-16,26,31H,3,17-22H2,1-2H3,(H,30,34);1H. The summed E-state index contributed by atoms with van der Waals surface area (Å²) in [6.07, 6.45) is 3.00. The smallest absolute Gasteiger partial charge is 0.317 e. The number of urea groups is 1. The van der Waals surface area contributed by atoms with E-state index in [1.807, 2.05) is 42.2 Å². The Morgan fingerprint density at radius 1 is 0.923 bits per heavy atom. The van der Waals surface area contributed by atoms with Crippen molar-refractivity contribution < 1.29 is 17.9 Å². The van der Waals surface area contributed by atoms with Gasteiger partial charge in [-0.25, -0.2) is 13.2 Å². The second-order valence-electron chi connectivity index (χ2n) is 9.60. The fraction of sp³-hybridized carbons (Fsp3) is 0.345. The van der Waals surface area contributed by atoms with Crippen LogP contribution in [0, 0.1) is 0 Å². The molecule has 0 spiro atoms. The number of likely N-dealkylation sites (tertiary alicyclic amines) is 1. The van der Waals surface area contributed by atoms with E-state index in [0.29, 0.717) is 24.5 Å². The van der Waals surface area contributed by atoms with Crippen LogP contribution < -0.4 is 14.8 Å². The molecule has 2 N–H and O–H groups in total. The number of benzene rings is 3. The van der Waals surface area contributed by atoms with E-state index in [1.165, 1.54) is 5.56 Å². The molecule has 1 saturated heterocycles. The van der Waals surface area contributed by atoms with E-state index >= 15 is 0 Å². The Hall–Kier alpha value is -3.27. The van der Waals surface area contributed by atoms with E-state index in [1.54, 1.807) is 24.3 Å². The summed E-state index contributed by atoms with van der Waals surface area (Å²) in [6.45, 7) is 5.90. The molecule has 4 rings (SSSR count). The van der Waals surface area contributed by atoms with Crippen LogP contribution >= 0.6 is 12.4 Å². The van der Waals surface area contributed by atoms with Crippen molar-refractivity contribution in [1.82, 2.24) is 15.1 Å². The maximum absolute atomic E-state index is 12.8. The zero-order chi connectivity index (χ0) is 27.0. The van der Waals surface area contributed by atoms with Crippen molar-refractivity contribution in [1.29, 1.82) is 0 Å². The second-order valence-corrected chi connectivity index (χ2v) is 11.3. The monoisotopic (exact) mass is 572 g/mol. The Morgan fingerprint density at radius 2 is 1.51 bits per heavy atom. The van der Waals surface area contributed by atoms with Gasteiger partial charge in [-0.2, -0.15) is 0 Å². The first-order valence-corrected chi connectivity index (χ1v) is 14.8. The molecule has 3 aromatic rings. The molecule has 10 heteroatoms. The third-order valence-electron chi connectivity index (χ3n) is 6.51. The lowest BCUT2D eigenvalue weighted by Crippen LogP contribution is -2.50. The van der Waals surface area contributed by atoms with Crippen LogP contribution in [-0.4, -0.2) is 56.2 Å². The maximum Gasteiger partial charge on any atom is 0.317 e. The summed E-state index contributed by atoms with van der Waals surface area (Å²) < 4.78 is 31.0. The zero-order valence-electron chi connectivity index (χ0n) is 22.4. The van der Waals surface area contributed by atoms with Gasteiger partial charge >= 0.3 is 6.03 Å². The number of halogens is 1. The largest absolute Gasteiger partial charge is 0.457 e. The Kier molecular flexibility index (Phi) is 11.0. The van der Waals surface area contributed by atoms with Crippen molar-refractivity contribution in [2.24, 2.45) is 0 Å². The number of carbonyl (C=O) groups excluding carboxylic acids is 1. The minimum absolute atomic E-state index is 0. The lowest BCUT2D eigenvalue weighted by atomic mass is 10.0. The molecule has 0 aliphatic carbocycles. The van der Waals surface area contributed by atoms with Crippen LogP contribution in [-0.2, 0) is 23.1 Å². The Balaban J connectivity index is 0.00000420. The number of nitrogens with one attached hydrogen (secondary N) is 2. The second kappa shape index (κ2) is 14.2. The fourth-order valence-electron chi connectivity index (χ4n) is 4.65. The number of amides is 2.